The van der Waals surface area contributed by atoms with Crippen molar-refractivity contribution in [3.05, 3.63) is 71.0 Å². The molecule has 4 heteroatoms. The number of nitrogens with two attached hydrogens (primary N) is 1. The minimum atomic E-state index is -0.505. The number of hydrogen-bond donors (Lipinski definition) is 2. The molecule has 0 aromatic heterocycles. The Balaban J connectivity index is 1.61. The number of benzene rings is 2. The fraction of sp³-hybridized carbons (Fsp3) is 0.381. The molecule has 1 fully saturated rings. The maximum Gasteiger partial charge on any atom is 0.230 e. The molecule has 25 heavy (non-hydrogen) atoms. The predicted octanol–water partition coefficient (Wildman–Crippen LogP) is 3.80. The van der Waals surface area contributed by atoms with Gasteiger partial charge in [0.2, 0.25) is 5.91 Å². The van der Waals surface area contributed by atoms with Crippen LogP contribution in [0.4, 0.5) is 4.39 Å². The number of carbonyl (C=O) groups is 1. The Labute approximate surface area is 148 Å². The molecule has 2 aromatic carbocycles. The second kappa shape index (κ2) is 6.96. The number of hydrogen-bond acceptors (Lipinski definition) is 2. The molecule has 0 radical (unpaired) electrons. The molecule has 1 aliphatic rings. The molecule has 1 atom stereocenters. The third-order valence-corrected chi connectivity index (χ3v) is 5.10. The number of nitrogens with one attached hydrogen (secondary N) is 1. The predicted molar refractivity (Wildman–Crippen MR) is 97.8 cm³/mol. The average molecular weight is 340 g/mol. The van der Waals surface area contributed by atoms with E-state index in [9.17, 15) is 9.18 Å². The van der Waals surface area contributed by atoms with Crippen LogP contribution in [-0.4, -0.2) is 12.5 Å². The summed E-state index contributed by atoms with van der Waals surface area (Å²) in [6.45, 7) is 4.70. The minimum Gasteiger partial charge on any atom is -0.353 e. The Morgan fingerprint density at radius 3 is 2.16 bits per heavy atom. The van der Waals surface area contributed by atoms with Crippen LogP contribution >= 0.6 is 0 Å². The Morgan fingerprint density at radius 2 is 1.64 bits per heavy atom. The van der Waals surface area contributed by atoms with Gasteiger partial charge >= 0.3 is 0 Å². The van der Waals surface area contributed by atoms with Gasteiger partial charge in [-0.3, -0.25) is 4.79 Å². The first-order chi connectivity index (χ1) is 11.9. The highest BCUT2D eigenvalue weighted by molar-refractivity contribution is 5.91. The monoisotopic (exact) mass is 340 g/mol. The van der Waals surface area contributed by atoms with Crippen LogP contribution in [0.5, 0.6) is 0 Å². The second-order valence-electron chi connectivity index (χ2n) is 7.23. The van der Waals surface area contributed by atoms with Crippen LogP contribution in [0.3, 0.4) is 0 Å². The van der Waals surface area contributed by atoms with Gasteiger partial charge in [-0.2, -0.15) is 0 Å². The molecule has 1 amide bonds. The van der Waals surface area contributed by atoms with Crippen molar-refractivity contribution >= 4 is 5.91 Å². The quantitative estimate of drug-likeness (QED) is 0.840. The van der Waals surface area contributed by atoms with Crippen LogP contribution < -0.4 is 11.1 Å². The van der Waals surface area contributed by atoms with E-state index in [0.717, 1.165) is 24.0 Å². The van der Waals surface area contributed by atoms with Gasteiger partial charge in [0, 0.05) is 12.6 Å². The van der Waals surface area contributed by atoms with Gasteiger partial charge in [0.05, 0.1) is 5.41 Å². The van der Waals surface area contributed by atoms with Crippen molar-refractivity contribution in [2.45, 2.75) is 44.1 Å². The highest BCUT2D eigenvalue weighted by Gasteiger charge is 2.51. The van der Waals surface area contributed by atoms with Gasteiger partial charge in [0.15, 0.2) is 0 Å². The van der Waals surface area contributed by atoms with Crippen LogP contribution in [0.25, 0.3) is 0 Å². The Morgan fingerprint density at radius 1 is 1.08 bits per heavy atom. The fourth-order valence-corrected chi connectivity index (χ4v) is 3.16. The van der Waals surface area contributed by atoms with Crippen molar-refractivity contribution in [3.63, 3.8) is 0 Å². The molecule has 0 saturated heterocycles. The zero-order valence-electron chi connectivity index (χ0n) is 14.8. The largest absolute Gasteiger partial charge is 0.353 e. The number of carbonyl (C=O) groups excluding carboxylic acids is 1. The van der Waals surface area contributed by atoms with Gasteiger partial charge in [-0.25, -0.2) is 4.39 Å². The lowest BCUT2D eigenvalue weighted by molar-refractivity contribution is -0.123. The molecule has 0 heterocycles. The summed E-state index contributed by atoms with van der Waals surface area (Å²) in [7, 11) is 0. The van der Waals surface area contributed by atoms with E-state index in [1.807, 2.05) is 12.1 Å². The summed E-state index contributed by atoms with van der Waals surface area (Å²) in [5, 5.41) is 2.98. The molecule has 0 spiro atoms. The molecule has 132 valence electrons. The molecular weight excluding hydrogens is 315 g/mol. The van der Waals surface area contributed by atoms with Crippen LogP contribution in [0, 0.1) is 5.82 Å². The van der Waals surface area contributed by atoms with Crippen molar-refractivity contribution in [3.8, 4) is 0 Å². The normalized spacial score (nSPS) is 16.5. The first kappa shape index (κ1) is 17.6. The van der Waals surface area contributed by atoms with Gasteiger partial charge in [0.25, 0.3) is 0 Å². The topological polar surface area (TPSA) is 55.1 Å². The first-order valence-electron chi connectivity index (χ1n) is 8.82. The molecule has 0 aliphatic heterocycles. The third-order valence-electron chi connectivity index (χ3n) is 5.10. The fourth-order valence-electron chi connectivity index (χ4n) is 3.16. The lowest BCUT2D eigenvalue weighted by Gasteiger charge is -2.19. The van der Waals surface area contributed by atoms with E-state index in [-0.39, 0.29) is 17.8 Å². The summed E-state index contributed by atoms with van der Waals surface area (Å²) in [4.78, 5) is 12.6. The molecule has 1 aliphatic carbocycles. The van der Waals surface area contributed by atoms with Crippen LogP contribution in [-0.2, 0) is 10.2 Å². The van der Waals surface area contributed by atoms with Gasteiger partial charge in [0.1, 0.15) is 5.82 Å². The molecule has 1 saturated carbocycles. The average Bonchev–Trinajstić information content (AvgIpc) is 3.42. The molecular formula is C21H25FN2O. The molecule has 3 nitrogen and oxygen atoms in total. The zero-order chi connectivity index (χ0) is 18.0. The number of rotatable bonds is 6. The Hall–Kier alpha value is -2.20. The van der Waals surface area contributed by atoms with Gasteiger partial charge < -0.3 is 11.1 Å². The lowest BCUT2D eigenvalue weighted by Crippen LogP contribution is -2.38. The van der Waals surface area contributed by atoms with E-state index in [4.69, 9.17) is 5.73 Å². The maximum atomic E-state index is 13.1. The van der Waals surface area contributed by atoms with E-state index in [1.54, 1.807) is 12.1 Å². The second-order valence-corrected chi connectivity index (χ2v) is 7.23. The van der Waals surface area contributed by atoms with Crippen molar-refractivity contribution < 1.29 is 9.18 Å². The molecule has 0 bridgehead atoms. The summed E-state index contributed by atoms with van der Waals surface area (Å²) in [5.74, 6) is 0.176. The SMILES string of the molecule is CC(C)c1ccc(C(N)CNC(=O)C2(c3ccc(F)cc3)CC2)cc1. The van der Waals surface area contributed by atoms with Crippen LogP contribution in [0.15, 0.2) is 48.5 Å². The molecule has 2 aromatic rings. The summed E-state index contributed by atoms with van der Waals surface area (Å²) in [6, 6.07) is 14.2. The Kier molecular flexibility index (Phi) is 4.91. The lowest BCUT2D eigenvalue weighted by atomic mass is 9.94. The van der Waals surface area contributed by atoms with Crippen LogP contribution in [0.2, 0.25) is 0 Å². The van der Waals surface area contributed by atoms with E-state index in [0.29, 0.717) is 12.5 Å². The van der Waals surface area contributed by atoms with Crippen molar-refractivity contribution in [2.75, 3.05) is 6.54 Å². The van der Waals surface area contributed by atoms with Crippen LogP contribution in [0.1, 0.15) is 55.3 Å². The summed E-state index contributed by atoms with van der Waals surface area (Å²) >= 11 is 0. The highest BCUT2D eigenvalue weighted by Crippen LogP contribution is 2.48. The standard InChI is InChI=1S/C21H25FN2O/c1-14(2)15-3-5-16(6-4-15)19(23)13-24-20(25)21(11-12-21)17-7-9-18(22)10-8-17/h3-10,14,19H,11-13,23H2,1-2H3,(H,24,25). The number of amides is 1. The van der Waals surface area contributed by atoms with E-state index >= 15 is 0 Å². The smallest absolute Gasteiger partial charge is 0.230 e. The molecule has 3 N–H and O–H groups in total. The summed E-state index contributed by atoms with van der Waals surface area (Å²) in [5.41, 5.74) is 8.88. The van der Waals surface area contributed by atoms with E-state index in [1.165, 1.54) is 17.7 Å². The van der Waals surface area contributed by atoms with Gasteiger partial charge in [-0.05, 0) is 47.6 Å². The minimum absolute atomic E-state index is 0.0200. The zero-order valence-corrected chi connectivity index (χ0v) is 14.8. The summed E-state index contributed by atoms with van der Waals surface area (Å²) in [6.07, 6.45) is 1.59. The molecule has 3 rings (SSSR count). The molecule has 1 unspecified atom stereocenters. The van der Waals surface area contributed by atoms with Crippen molar-refractivity contribution in [2.24, 2.45) is 5.73 Å². The first-order valence-corrected chi connectivity index (χ1v) is 8.82. The van der Waals surface area contributed by atoms with E-state index in [2.05, 4.69) is 31.3 Å². The maximum absolute atomic E-state index is 13.1. The van der Waals surface area contributed by atoms with Crippen molar-refractivity contribution in [1.82, 2.24) is 5.32 Å². The van der Waals surface area contributed by atoms with Crippen molar-refractivity contribution in [1.29, 1.82) is 0 Å². The summed E-state index contributed by atoms with van der Waals surface area (Å²) < 4.78 is 13.1. The number of halogens is 1. The van der Waals surface area contributed by atoms with Gasteiger partial charge in [-0.15, -0.1) is 0 Å². The third kappa shape index (κ3) is 3.74. The highest BCUT2D eigenvalue weighted by atomic mass is 19.1. The van der Waals surface area contributed by atoms with Gasteiger partial charge in [-0.1, -0.05) is 50.2 Å². The Bertz CT molecular complexity index is 733. The van der Waals surface area contributed by atoms with E-state index < -0.39 is 5.41 Å².